The largest absolute Gasteiger partial charge is 0.395 e. The first-order valence-electron chi connectivity index (χ1n) is 10.0. The predicted octanol–water partition coefficient (Wildman–Crippen LogP) is 2.52. The molecule has 6 nitrogen and oxygen atoms in total. The normalized spacial score (nSPS) is 20.8. The number of aliphatic hydroxyl groups is 1. The van der Waals surface area contributed by atoms with E-state index in [0.29, 0.717) is 29.7 Å². The molecule has 2 aliphatic heterocycles. The first-order valence-corrected chi connectivity index (χ1v) is 10.8. The molecular formula is C21H27Cl2N3O3. The second kappa shape index (κ2) is 10.4. The lowest BCUT2D eigenvalue weighted by Crippen LogP contribution is -2.52. The monoisotopic (exact) mass is 439 g/mol. The summed E-state index contributed by atoms with van der Waals surface area (Å²) >= 11 is 11.9. The van der Waals surface area contributed by atoms with Gasteiger partial charge in [0.15, 0.2) is 0 Å². The number of piperazine rings is 1. The number of halogens is 2. The van der Waals surface area contributed by atoms with Crippen molar-refractivity contribution in [2.24, 2.45) is 0 Å². The summed E-state index contributed by atoms with van der Waals surface area (Å²) in [7, 11) is 0. The Morgan fingerprint density at radius 3 is 2.72 bits per heavy atom. The molecule has 1 atom stereocenters. The van der Waals surface area contributed by atoms with Gasteiger partial charge >= 0.3 is 0 Å². The lowest BCUT2D eigenvalue weighted by atomic mass is 10.2. The molecule has 158 valence electrons. The molecule has 1 aromatic carbocycles. The van der Waals surface area contributed by atoms with Gasteiger partial charge in [-0.15, -0.1) is 0 Å². The summed E-state index contributed by atoms with van der Waals surface area (Å²) in [6.45, 7) is 3.99. The number of carbonyl (C=O) groups excluding carboxylic acids is 2. The van der Waals surface area contributed by atoms with Crippen molar-refractivity contribution in [3.63, 3.8) is 0 Å². The topological polar surface area (TPSA) is 64.1 Å². The second-order valence-corrected chi connectivity index (χ2v) is 8.33. The maximum absolute atomic E-state index is 12.4. The van der Waals surface area contributed by atoms with Gasteiger partial charge < -0.3 is 14.9 Å². The lowest BCUT2D eigenvalue weighted by molar-refractivity contribution is -0.142. The maximum Gasteiger partial charge on any atom is 0.247 e. The van der Waals surface area contributed by atoms with Crippen LogP contribution in [0.25, 0.3) is 6.08 Å². The van der Waals surface area contributed by atoms with E-state index < -0.39 is 0 Å². The number of aliphatic hydroxyl groups excluding tert-OH is 1. The molecule has 2 amide bonds. The number of likely N-dealkylation sites (tertiary alicyclic amines) is 1. The summed E-state index contributed by atoms with van der Waals surface area (Å²) in [5.74, 6) is -0.209. The van der Waals surface area contributed by atoms with Crippen LogP contribution in [0, 0.1) is 0 Å². The van der Waals surface area contributed by atoms with Crippen LogP contribution in [0.1, 0.15) is 24.8 Å². The molecule has 2 fully saturated rings. The van der Waals surface area contributed by atoms with E-state index >= 15 is 0 Å². The van der Waals surface area contributed by atoms with Crippen molar-refractivity contribution in [2.45, 2.75) is 25.3 Å². The van der Waals surface area contributed by atoms with Crippen LogP contribution in [0.15, 0.2) is 24.3 Å². The van der Waals surface area contributed by atoms with E-state index in [-0.39, 0.29) is 31.0 Å². The quantitative estimate of drug-likeness (QED) is 0.662. The minimum absolute atomic E-state index is 0.0207. The van der Waals surface area contributed by atoms with E-state index in [1.165, 1.54) is 6.08 Å². The number of nitrogens with zero attached hydrogens (tertiary/aromatic N) is 3. The van der Waals surface area contributed by atoms with Crippen LogP contribution >= 0.6 is 23.2 Å². The molecule has 0 saturated carbocycles. The molecule has 0 aromatic heterocycles. The minimum Gasteiger partial charge on any atom is -0.395 e. The smallest absolute Gasteiger partial charge is 0.247 e. The highest BCUT2D eigenvalue weighted by Crippen LogP contribution is 2.23. The summed E-state index contributed by atoms with van der Waals surface area (Å²) in [5, 5.41) is 10.3. The minimum atomic E-state index is -0.188. The Morgan fingerprint density at radius 1 is 1.17 bits per heavy atom. The van der Waals surface area contributed by atoms with E-state index in [9.17, 15) is 14.7 Å². The third-order valence-corrected chi connectivity index (χ3v) is 6.31. The molecule has 0 radical (unpaired) electrons. The number of carbonyl (C=O) groups is 2. The van der Waals surface area contributed by atoms with Gasteiger partial charge in [0.25, 0.3) is 0 Å². The predicted molar refractivity (Wildman–Crippen MR) is 115 cm³/mol. The van der Waals surface area contributed by atoms with Crippen molar-refractivity contribution >= 4 is 41.1 Å². The second-order valence-electron chi connectivity index (χ2n) is 7.52. The van der Waals surface area contributed by atoms with Crippen molar-refractivity contribution in [2.75, 3.05) is 45.9 Å². The highest BCUT2D eigenvalue weighted by molar-refractivity contribution is 6.42. The fourth-order valence-electron chi connectivity index (χ4n) is 3.88. The third kappa shape index (κ3) is 5.95. The van der Waals surface area contributed by atoms with Crippen LogP contribution < -0.4 is 0 Å². The van der Waals surface area contributed by atoms with Gasteiger partial charge in [-0.05, 0) is 49.6 Å². The van der Waals surface area contributed by atoms with Gasteiger partial charge in [0.1, 0.15) is 6.54 Å². The molecule has 1 aromatic rings. The fraction of sp³-hybridized carbons (Fsp3) is 0.524. The fourth-order valence-corrected chi connectivity index (χ4v) is 4.19. The maximum atomic E-state index is 12.4. The molecule has 1 N–H and O–H groups in total. The van der Waals surface area contributed by atoms with Gasteiger partial charge in [0.05, 0.1) is 16.7 Å². The zero-order valence-electron chi connectivity index (χ0n) is 16.4. The molecule has 0 spiro atoms. The van der Waals surface area contributed by atoms with E-state index in [0.717, 1.165) is 37.9 Å². The van der Waals surface area contributed by atoms with Gasteiger partial charge in [0, 0.05) is 38.3 Å². The molecule has 2 heterocycles. The Labute approximate surface area is 181 Å². The lowest BCUT2D eigenvalue weighted by Gasteiger charge is -2.34. The van der Waals surface area contributed by atoms with Gasteiger partial charge in [-0.2, -0.15) is 0 Å². The molecule has 2 aliphatic rings. The van der Waals surface area contributed by atoms with Gasteiger partial charge in [-0.1, -0.05) is 29.3 Å². The van der Waals surface area contributed by atoms with Crippen LogP contribution in [-0.4, -0.2) is 83.5 Å². The standard InChI is InChI=1S/C21H27Cl2N3O3/c22-18-6-4-16(13-19(18)23)5-7-20(28)26-12-11-25(21(29)14-26)10-2-9-24-8-1-3-17(24)15-27/h4-7,13,17,27H,1-3,8-12,14-15H2/b7-5+/t17-/m0/s1. The SMILES string of the molecule is O=C(/C=C/c1ccc(Cl)c(Cl)c1)N1CCN(CCCN2CCC[C@H]2CO)C(=O)C1. The third-order valence-electron chi connectivity index (χ3n) is 5.58. The molecule has 3 rings (SSSR count). The van der Waals surface area contributed by atoms with E-state index in [1.807, 2.05) is 4.90 Å². The Bertz CT molecular complexity index is 772. The molecule has 8 heteroatoms. The van der Waals surface area contributed by atoms with E-state index in [1.54, 1.807) is 29.2 Å². The van der Waals surface area contributed by atoms with E-state index in [2.05, 4.69) is 4.90 Å². The van der Waals surface area contributed by atoms with Gasteiger partial charge in [-0.25, -0.2) is 0 Å². The molecule has 0 aliphatic carbocycles. The Kier molecular flexibility index (Phi) is 7.95. The van der Waals surface area contributed by atoms with Crippen LogP contribution in [0.5, 0.6) is 0 Å². The van der Waals surface area contributed by atoms with Crippen molar-refractivity contribution in [3.05, 3.63) is 39.9 Å². The summed E-state index contributed by atoms with van der Waals surface area (Å²) in [6.07, 6.45) is 6.19. The Hall–Kier alpha value is -1.60. The number of rotatable bonds is 7. The number of hydrogen-bond acceptors (Lipinski definition) is 4. The number of hydrogen-bond donors (Lipinski definition) is 1. The first kappa shape index (κ1) is 22.1. The van der Waals surface area contributed by atoms with Crippen LogP contribution in [0.3, 0.4) is 0 Å². The Morgan fingerprint density at radius 2 is 2.00 bits per heavy atom. The zero-order chi connectivity index (χ0) is 20.8. The van der Waals surface area contributed by atoms with Crippen molar-refractivity contribution in [3.8, 4) is 0 Å². The average molecular weight is 440 g/mol. The Balaban J connectivity index is 1.44. The van der Waals surface area contributed by atoms with Crippen LogP contribution in [-0.2, 0) is 9.59 Å². The van der Waals surface area contributed by atoms with Crippen LogP contribution in [0.4, 0.5) is 0 Å². The van der Waals surface area contributed by atoms with Gasteiger partial charge in [0.2, 0.25) is 11.8 Å². The molecule has 0 unspecified atom stereocenters. The van der Waals surface area contributed by atoms with Crippen molar-refractivity contribution < 1.29 is 14.7 Å². The van der Waals surface area contributed by atoms with Crippen LogP contribution in [0.2, 0.25) is 10.0 Å². The first-order chi connectivity index (χ1) is 14.0. The summed E-state index contributed by atoms with van der Waals surface area (Å²) in [6, 6.07) is 5.42. The summed E-state index contributed by atoms with van der Waals surface area (Å²) in [4.78, 5) is 30.5. The molecule has 2 saturated heterocycles. The number of amides is 2. The molecular weight excluding hydrogens is 413 g/mol. The molecule has 29 heavy (non-hydrogen) atoms. The van der Waals surface area contributed by atoms with Crippen molar-refractivity contribution in [1.82, 2.24) is 14.7 Å². The van der Waals surface area contributed by atoms with Gasteiger partial charge in [-0.3, -0.25) is 14.5 Å². The molecule has 0 bridgehead atoms. The summed E-state index contributed by atoms with van der Waals surface area (Å²) < 4.78 is 0. The zero-order valence-corrected chi connectivity index (χ0v) is 17.9. The average Bonchev–Trinajstić information content (AvgIpc) is 3.17. The van der Waals surface area contributed by atoms with Crippen molar-refractivity contribution in [1.29, 1.82) is 0 Å². The van der Waals surface area contributed by atoms with E-state index in [4.69, 9.17) is 23.2 Å². The highest BCUT2D eigenvalue weighted by Gasteiger charge is 2.27. The highest BCUT2D eigenvalue weighted by atomic mass is 35.5. The summed E-state index contributed by atoms with van der Waals surface area (Å²) in [5.41, 5.74) is 0.779. The number of benzene rings is 1.